The molecular weight excluding hydrogens is 306 g/mol. The average Bonchev–Trinajstić information content (AvgIpc) is 2.83. The van der Waals surface area contributed by atoms with Crippen LogP contribution in [0.2, 0.25) is 0 Å². The minimum atomic E-state index is 0.000992. The van der Waals surface area contributed by atoms with Gasteiger partial charge in [0, 0.05) is 16.9 Å². The number of rotatable bonds is 5. The zero-order chi connectivity index (χ0) is 13.7. The molecular formula is C15H20BrNO2. The molecule has 0 aliphatic heterocycles. The summed E-state index contributed by atoms with van der Waals surface area (Å²) in [7, 11) is 0. The van der Waals surface area contributed by atoms with Crippen LogP contribution < -0.4 is 10.1 Å². The van der Waals surface area contributed by atoms with Gasteiger partial charge in [0.2, 0.25) is 0 Å². The molecule has 0 radical (unpaired) electrons. The van der Waals surface area contributed by atoms with Gasteiger partial charge in [0.05, 0.1) is 6.61 Å². The Labute approximate surface area is 122 Å². The molecule has 0 saturated heterocycles. The standard InChI is InChI=1S/C15H20BrNO2/c1-2-19-14-7-4-12(5-8-14)15(18)17-10-11-3-6-13(16)9-11/h4-5,7-8,11,13H,2-3,6,9-10H2,1H3,(H,17,18). The van der Waals surface area contributed by atoms with Crippen molar-refractivity contribution in [2.75, 3.05) is 13.2 Å². The van der Waals surface area contributed by atoms with Crippen LogP contribution in [-0.2, 0) is 0 Å². The van der Waals surface area contributed by atoms with E-state index in [-0.39, 0.29) is 5.91 Å². The van der Waals surface area contributed by atoms with Gasteiger partial charge in [-0.15, -0.1) is 0 Å². The molecule has 19 heavy (non-hydrogen) atoms. The SMILES string of the molecule is CCOc1ccc(C(=O)NCC2CCC(Br)C2)cc1. The van der Waals surface area contributed by atoms with Gasteiger partial charge in [-0.25, -0.2) is 0 Å². The van der Waals surface area contributed by atoms with E-state index in [1.54, 1.807) is 0 Å². The number of hydrogen-bond donors (Lipinski definition) is 1. The predicted molar refractivity (Wildman–Crippen MR) is 80.0 cm³/mol. The number of benzene rings is 1. The summed E-state index contributed by atoms with van der Waals surface area (Å²) in [5.74, 6) is 1.41. The average molecular weight is 326 g/mol. The van der Waals surface area contributed by atoms with Gasteiger partial charge in [-0.3, -0.25) is 4.79 Å². The number of nitrogens with one attached hydrogen (secondary N) is 1. The first kappa shape index (κ1) is 14.4. The van der Waals surface area contributed by atoms with E-state index in [1.807, 2.05) is 31.2 Å². The molecule has 1 aliphatic carbocycles. The van der Waals surface area contributed by atoms with Crippen LogP contribution in [-0.4, -0.2) is 23.9 Å². The van der Waals surface area contributed by atoms with E-state index in [0.717, 1.165) is 18.7 Å². The smallest absolute Gasteiger partial charge is 0.251 e. The van der Waals surface area contributed by atoms with Crippen molar-refractivity contribution >= 4 is 21.8 Å². The van der Waals surface area contributed by atoms with Crippen LogP contribution in [0.3, 0.4) is 0 Å². The molecule has 0 heterocycles. The first-order chi connectivity index (χ1) is 9.19. The third-order valence-electron chi connectivity index (χ3n) is 3.46. The molecule has 1 aromatic carbocycles. The van der Waals surface area contributed by atoms with Crippen molar-refractivity contribution in [1.29, 1.82) is 0 Å². The zero-order valence-electron chi connectivity index (χ0n) is 11.2. The van der Waals surface area contributed by atoms with E-state index in [2.05, 4.69) is 21.2 Å². The van der Waals surface area contributed by atoms with Gasteiger partial charge in [0.1, 0.15) is 5.75 Å². The molecule has 1 amide bonds. The van der Waals surface area contributed by atoms with Gasteiger partial charge >= 0.3 is 0 Å². The van der Waals surface area contributed by atoms with Crippen LogP contribution in [0.25, 0.3) is 0 Å². The Morgan fingerprint density at radius 2 is 2.11 bits per heavy atom. The highest BCUT2D eigenvalue weighted by Gasteiger charge is 2.22. The summed E-state index contributed by atoms with van der Waals surface area (Å²) in [6.07, 6.45) is 3.56. The second kappa shape index (κ2) is 6.94. The van der Waals surface area contributed by atoms with Crippen molar-refractivity contribution < 1.29 is 9.53 Å². The first-order valence-corrected chi connectivity index (χ1v) is 7.75. The Bertz CT molecular complexity index is 419. The molecule has 1 fully saturated rings. The van der Waals surface area contributed by atoms with Gasteiger partial charge in [-0.05, 0) is 56.4 Å². The summed E-state index contributed by atoms with van der Waals surface area (Å²) in [4.78, 5) is 12.6. The third-order valence-corrected chi connectivity index (χ3v) is 4.29. The Hall–Kier alpha value is -1.03. The maximum atomic E-state index is 12.0. The van der Waals surface area contributed by atoms with Gasteiger partial charge in [-0.2, -0.15) is 0 Å². The van der Waals surface area contributed by atoms with Crippen molar-refractivity contribution in [1.82, 2.24) is 5.32 Å². The Morgan fingerprint density at radius 1 is 1.37 bits per heavy atom. The monoisotopic (exact) mass is 325 g/mol. The number of hydrogen-bond acceptors (Lipinski definition) is 2. The molecule has 2 atom stereocenters. The molecule has 1 N–H and O–H groups in total. The van der Waals surface area contributed by atoms with E-state index < -0.39 is 0 Å². The maximum absolute atomic E-state index is 12.0. The molecule has 104 valence electrons. The van der Waals surface area contributed by atoms with Gasteiger partial charge in [0.25, 0.3) is 5.91 Å². The number of halogens is 1. The van der Waals surface area contributed by atoms with Crippen LogP contribution >= 0.6 is 15.9 Å². The molecule has 0 aromatic heterocycles. The third kappa shape index (κ3) is 4.23. The van der Waals surface area contributed by atoms with Crippen molar-refractivity contribution in [3.05, 3.63) is 29.8 Å². The Morgan fingerprint density at radius 3 is 2.68 bits per heavy atom. The van der Waals surface area contributed by atoms with Crippen LogP contribution in [0.1, 0.15) is 36.5 Å². The quantitative estimate of drug-likeness (QED) is 0.843. The minimum Gasteiger partial charge on any atom is -0.494 e. The van der Waals surface area contributed by atoms with Gasteiger partial charge < -0.3 is 10.1 Å². The highest BCUT2D eigenvalue weighted by molar-refractivity contribution is 9.09. The molecule has 1 saturated carbocycles. The van der Waals surface area contributed by atoms with E-state index in [4.69, 9.17) is 4.74 Å². The summed E-state index contributed by atoms with van der Waals surface area (Å²) in [6.45, 7) is 3.36. The number of ether oxygens (including phenoxy) is 1. The number of amides is 1. The lowest BCUT2D eigenvalue weighted by Crippen LogP contribution is -2.28. The highest BCUT2D eigenvalue weighted by Crippen LogP contribution is 2.30. The molecule has 3 nitrogen and oxygen atoms in total. The normalized spacial score (nSPS) is 22.2. The fraction of sp³-hybridized carbons (Fsp3) is 0.533. The maximum Gasteiger partial charge on any atom is 0.251 e. The highest BCUT2D eigenvalue weighted by atomic mass is 79.9. The molecule has 0 bridgehead atoms. The second-order valence-electron chi connectivity index (χ2n) is 4.94. The Balaban J connectivity index is 1.82. The lowest BCUT2D eigenvalue weighted by atomic mass is 10.1. The minimum absolute atomic E-state index is 0.000992. The van der Waals surface area contributed by atoms with Crippen LogP contribution in [0.5, 0.6) is 5.75 Å². The largest absolute Gasteiger partial charge is 0.494 e. The molecule has 2 rings (SSSR count). The molecule has 2 unspecified atom stereocenters. The van der Waals surface area contributed by atoms with E-state index >= 15 is 0 Å². The summed E-state index contributed by atoms with van der Waals surface area (Å²) < 4.78 is 5.36. The lowest BCUT2D eigenvalue weighted by molar-refractivity contribution is 0.0947. The molecule has 0 spiro atoms. The fourth-order valence-electron chi connectivity index (χ4n) is 2.41. The topological polar surface area (TPSA) is 38.3 Å². The summed E-state index contributed by atoms with van der Waals surface area (Å²) in [6, 6.07) is 7.29. The lowest BCUT2D eigenvalue weighted by Gasteiger charge is -2.11. The molecule has 1 aromatic rings. The van der Waals surface area contributed by atoms with Crippen LogP contribution in [0.4, 0.5) is 0 Å². The van der Waals surface area contributed by atoms with E-state index in [0.29, 0.717) is 22.9 Å². The first-order valence-electron chi connectivity index (χ1n) is 6.84. The fourth-order valence-corrected chi connectivity index (χ4v) is 3.20. The van der Waals surface area contributed by atoms with E-state index in [1.165, 1.54) is 12.8 Å². The number of alkyl halides is 1. The molecule has 4 heteroatoms. The van der Waals surface area contributed by atoms with Crippen LogP contribution in [0.15, 0.2) is 24.3 Å². The van der Waals surface area contributed by atoms with Crippen molar-refractivity contribution in [3.8, 4) is 5.75 Å². The second-order valence-corrected chi connectivity index (χ2v) is 6.24. The van der Waals surface area contributed by atoms with Crippen molar-refractivity contribution in [2.45, 2.75) is 31.0 Å². The summed E-state index contributed by atoms with van der Waals surface area (Å²) >= 11 is 3.63. The van der Waals surface area contributed by atoms with Crippen molar-refractivity contribution in [3.63, 3.8) is 0 Å². The van der Waals surface area contributed by atoms with Crippen LogP contribution in [0, 0.1) is 5.92 Å². The van der Waals surface area contributed by atoms with Crippen molar-refractivity contribution in [2.24, 2.45) is 5.92 Å². The van der Waals surface area contributed by atoms with Gasteiger partial charge in [-0.1, -0.05) is 15.9 Å². The summed E-state index contributed by atoms with van der Waals surface area (Å²) in [5.41, 5.74) is 0.692. The molecule has 1 aliphatic rings. The summed E-state index contributed by atoms with van der Waals surface area (Å²) in [5, 5.41) is 3.01. The van der Waals surface area contributed by atoms with E-state index in [9.17, 15) is 4.79 Å². The Kier molecular flexibility index (Phi) is 5.25. The zero-order valence-corrected chi connectivity index (χ0v) is 12.8. The predicted octanol–water partition coefficient (Wildman–Crippen LogP) is 3.38. The van der Waals surface area contributed by atoms with Gasteiger partial charge in [0.15, 0.2) is 0 Å². The number of carbonyl (C=O) groups is 1. The number of carbonyl (C=O) groups excluding carboxylic acids is 1.